The van der Waals surface area contributed by atoms with E-state index in [4.69, 9.17) is 18.6 Å². The minimum atomic E-state index is -0.352. The van der Waals surface area contributed by atoms with Crippen molar-refractivity contribution in [3.05, 3.63) is 88.1 Å². The van der Waals surface area contributed by atoms with E-state index in [0.29, 0.717) is 39.5 Å². The first-order chi connectivity index (χ1) is 16.4. The van der Waals surface area contributed by atoms with Crippen molar-refractivity contribution in [1.29, 1.82) is 0 Å². The molecule has 0 atom stereocenters. The minimum absolute atomic E-state index is 0.0296. The van der Waals surface area contributed by atoms with Crippen LogP contribution in [0.15, 0.2) is 75.9 Å². The Morgan fingerprint density at radius 3 is 2.29 bits per heavy atom. The highest BCUT2D eigenvalue weighted by Gasteiger charge is 2.20. The van der Waals surface area contributed by atoms with Crippen LogP contribution in [0.4, 0.5) is 0 Å². The number of Topliss-reactive ketones (excluding diaryl/α,β-unsaturated/α-hetero) is 1. The quantitative estimate of drug-likeness (QED) is 0.308. The zero-order valence-electron chi connectivity index (χ0n) is 19.6. The van der Waals surface area contributed by atoms with Crippen molar-refractivity contribution in [3.63, 3.8) is 0 Å². The number of fused-ring (bicyclic) bond motifs is 1. The summed E-state index contributed by atoms with van der Waals surface area (Å²) in [6, 6.07) is 19.5. The van der Waals surface area contributed by atoms with Crippen molar-refractivity contribution in [3.8, 4) is 28.6 Å². The van der Waals surface area contributed by atoms with E-state index in [1.807, 2.05) is 12.1 Å². The normalized spacial score (nSPS) is 11.0. The molecule has 0 saturated carbocycles. The zero-order chi connectivity index (χ0) is 24.2. The van der Waals surface area contributed by atoms with Crippen molar-refractivity contribution < 1.29 is 23.4 Å². The molecule has 6 nitrogen and oxygen atoms in total. The summed E-state index contributed by atoms with van der Waals surface area (Å²) < 4.78 is 22.6. The molecular weight excluding hydrogens is 432 g/mol. The number of carbonyl (C=O) groups excluding carboxylic acids is 1. The van der Waals surface area contributed by atoms with E-state index in [-0.39, 0.29) is 29.3 Å². The van der Waals surface area contributed by atoms with Crippen LogP contribution in [0.25, 0.3) is 22.3 Å². The Labute approximate surface area is 197 Å². The monoisotopic (exact) mass is 458 g/mol. The lowest BCUT2D eigenvalue weighted by Crippen LogP contribution is -2.17. The van der Waals surface area contributed by atoms with Gasteiger partial charge < -0.3 is 18.6 Å². The van der Waals surface area contributed by atoms with Gasteiger partial charge in [0.1, 0.15) is 5.58 Å². The second-order valence-corrected chi connectivity index (χ2v) is 8.14. The molecule has 0 spiro atoms. The molecule has 0 aliphatic rings. The zero-order valence-corrected chi connectivity index (χ0v) is 19.6. The lowest BCUT2D eigenvalue weighted by atomic mass is 10.0. The van der Waals surface area contributed by atoms with E-state index in [0.717, 1.165) is 5.56 Å². The Kier molecular flexibility index (Phi) is 6.68. The number of carbonyl (C=O) groups is 1. The fourth-order valence-electron chi connectivity index (χ4n) is 3.70. The first kappa shape index (κ1) is 23.1. The molecule has 1 aromatic heterocycles. The first-order valence-electron chi connectivity index (χ1n) is 11.0. The predicted octanol–water partition coefficient (Wildman–Crippen LogP) is 5.86. The van der Waals surface area contributed by atoms with Gasteiger partial charge in [0.25, 0.3) is 0 Å². The standard InChI is InChI=1S/C28H26O6/c1-17(2)18-9-11-19(12-10-18)22(29)16-33-28-26(30)21-7-5-6-8-23(21)34-27(28)20-13-14-24(31-3)25(15-20)32-4/h5-15,17H,16H2,1-4H3. The van der Waals surface area contributed by atoms with Gasteiger partial charge in [-0.05, 0) is 41.8 Å². The summed E-state index contributed by atoms with van der Waals surface area (Å²) in [7, 11) is 3.07. The van der Waals surface area contributed by atoms with Gasteiger partial charge in [0.2, 0.25) is 11.2 Å². The minimum Gasteiger partial charge on any atom is -0.493 e. The van der Waals surface area contributed by atoms with E-state index in [9.17, 15) is 9.59 Å². The highest BCUT2D eigenvalue weighted by Crippen LogP contribution is 2.36. The van der Waals surface area contributed by atoms with Crippen LogP contribution in [-0.2, 0) is 0 Å². The van der Waals surface area contributed by atoms with Crippen LogP contribution in [0.3, 0.4) is 0 Å². The molecule has 34 heavy (non-hydrogen) atoms. The van der Waals surface area contributed by atoms with E-state index < -0.39 is 0 Å². The van der Waals surface area contributed by atoms with Gasteiger partial charge in [-0.2, -0.15) is 0 Å². The third kappa shape index (κ3) is 4.53. The van der Waals surface area contributed by atoms with Crippen LogP contribution in [0, 0.1) is 0 Å². The Morgan fingerprint density at radius 1 is 0.912 bits per heavy atom. The Morgan fingerprint density at radius 2 is 1.62 bits per heavy atom. The number of hydrogen-bond acceptors (Lipinski definition) is 6. The maximum absolute atomic E-state index is 13.3. The summed E-state index contributed by atoms with van der Waals surface area (Å²) in [6.07, 6.45) is 0. The van der Waals surface area contributed by atoms with E-state index in [1.54, 1.807) is 61.7 Å². The van der Waals surface area contributed by atoms with Crippen LogP contribution < -0.4 is 19.6 Å². The second-order valence-electron chi connectivity index (χ2n) is 8.14. The molecule has 0 radical (unpaired) electrons. The Bertz CT molecular complexity index is 1380. The molecule has 0 unspecified atom stereocenters. The molecule has 1 heterocycles. The molecule has 4 aromatic rings. The van der Waals surface area contributed by atoms with Gasteiger partial charge in [0.05, 0.1) is 19.6 Å². The third-order valence-corrected chi connectivity index (χ3v) is 5.65. The average Bonchev–Trinajstić information content (AvgIpc) is 2.87. The molecule has 4 rings (SSSR count). The van der Waals surface area contributed by atoms with Gasteiger partial charge in [-0.3, -0.25) is 9.59 Å². The van der Waals surface area contributed by atoms with Crippen LogP contribution in [-0.4, -0.2) is 26.6 Å². The molecule has 0 N–H and O–H groups in total. The SMILES string of the molecule is COc1ccc(-c2oc3ccccc3c(=O)c2OCC(=O)c2ccc(C(C)C)cc2)cc1OC. The smallest absolute Gasteiger partial charge is 0.235 e. The summed E-state index contributed by atoms with van der Waals surface area (Å²) in [5, 5.41) is 0.371. The number of para-hydroxylation sites is 1. The lowest BCUT2D eigenvalue weighted by molar-refractivity contribution is 0.0920. The summed E-state index contributed by atoms with van der Waals surface area (Å²) in [4.78, 5) is 26.1. The first-order valence-corrected chi connectivity index (χ1v) is 11.0. The third-order valence-electron chi connectivity index (χ3n) is 5.65. The summed E-state index contributed by atoms with van der Waals surface area (Å²) in [6.45, 7) is 3.88. The number of hydrogen-bond donors (Lipinski definition) is 0. The Balaban J connectivity index is 1.73. The molecule has 0 saturated heterocycles. The second kappa shape index (κ2) is 9.83. The lowest BCUT2D eigenvalue weighted by Gasteiger charge is -2.13. The number of ether oxygens (including phenoxy) is 3. The number of methoxy groups -OCH3 is 2. The molecule has 0 fully saturated rings. The molecule has 3 aromatic carbocycles. The van der Waals surface area contributed by atoms with Gasteiger partial charge in [-0.1, -0.05) is 50.2 Å². The number of ketones is 1. The van der Waals surface area contributed by atoms with Crippen LogP contribution >= 0.6 is 0 Å². The van der Waals surface area contributed by atoms with Gasteiger partial charge in [0, 0.05) is 11.1 Å². The molecule has 0 bridgehead atoms. The van der Waals surface area contributed by atoms with Gasteiger partial charge in [0.15, 0.2) is 29.6 Å². The van der Waals surface area contributed by atoms with Gasteiger partial charge in [-0.15, -0.1) is 0 Å². The molecular formula is C28H26O6. The topological polar surface area (TPSA) is 75.0 Å². The predicted molar refractivity (Wildman–Crippen MR) is 131 cm³/mol. The van der Waals surface area contributed by atoms with Gasteiger partial charge in [-0.25, -0.2) is 0 Å². The molecule has 0 aliphatic carbocycles. The van der Waals surface area contributed by atoms with Crippen LogP contribution in [0.5, 0.6) is 17.2 Å². The highest BCUT2D eigenvalue weighted by atomic mass is 16.5. The summed E-state index contributed by atoms with van der Waals surface area (Å²) in [5.74, 6) is 1.33. The fourth-order valence-corrected chi connectivity index (χ4v) is 3.70. The van der Waals surface area contributed by atoms with Crippen LogP contribution in [0.2, 0.25) is 0 Å². The molecule has 0 amide bonds. The van der Waals surface area contributed by atoms with E-state index >= 15 is 0 Å². The maximum atomic E-state index is 13.3. The van der Waals surface area contributed by atoms with Crippen molar-refractivity contribution in [1.82, 2.24) is 0 Å². The summed E-state index contributed by atoms with van der Waals surface area (Å²) >= 11 is 0. The Hall–Kier alpha value is -4.06. The summed E-state index contributed by atoms with van der Waals surface area (Å²) in [5.41, 5.74) is 2.28. The van der Waals surface area contributed by atoms with Crippen molar-refractivity contribution in [2.24, 2.45) is 0 Å². The van der Waals surface area contributed by atoms with Gasteiger partial charge >= 0.3 is 0 Å². The number of rotatable bonds is 8. The largest absolute Gasteiger partial charge is 0.493 e. The van der Waals surface area contributed by atoms with Crippen LogP contribution in [0.1, 0.15) is 35.7 Å². The molecule has 174 valence electrons. The average molecular weight is 459 g/mol. The van der Waals surface area contributed by atoms with E-state index in [2.05, 4.69) is 13.8 Å². The highest BCUT2D eigenvalue weighted by molar-refractivity contribution is 5.97. The van der Waals surface area contributed by atoms with Crippen molar-refractivity contribution >= 4 is 16.8 Å². The maximum Gasteiger partial charge on any atom is 0.235 e. The molecule has 0 aliphatic heterocycles. The molecule has 6 heteroatoms. The van der Waals surface area contributed by atoms with Crippen molar-refractivity contribution in [2.75, 3.05) is 20.8 Å². The van der Waals surface area contributed by atoms with E-state index in [1.165, 1.54) is 7.11 Å². The van der Waals surface area contributed by atoms with Crippen molar-refractivity contribution in [2.45, 2.75) is 19.8 Å². The fraction of sp³-hybridized carbons (Fsp3) is 0.214. The number of benzene rings is 3.